The van der Waals surface area contributed by atoms with Gasteiger partial charge in [-0.1, -0.05) is 38.1 Å². The SMILES string of the molecule is CC(C)OCCN(C)CC(O)c1ccc(C(C)C)cc1. The minimum absolute atomic E-state index is 0.261. The molecule has 1 rings (SSSR count). The highest BCUT2D eigenvalue weighted by Crippen LogP contribution is 2.19. The van der Waals surface area contributed by atoms with Crippen LogP contribution in [0.3, 0.4) is 0 Å². The number of ether oxygens (including phenoxy) is 1. The number of likely N-dealkylation sites (N-methyl/N-ethyl adjacent to an activating group) is 1. The predicted molar refractivity (Wildman–Crippen MR) is 84.1 cm³/mol. The maximum atomic E-state index is 10.2. The third-order valence-electron chi connectivity index (χ3n) is 3.40. The zero-order chi connectivity index (χ0) is 15.1. The van der Waals surface area contributed by atoms with E-state index in [4.69, 9.17) is 4.74 Å². The fourth-order valence-electron chi connectivity index (χ4n) is 2.04. The summed E-state index contributed by atoms with van der Waals surface area (Å²) in [6.07, 6.45) is -0.183. The Bertz CT molecular complexity index is 373. The lowest BCUT2D eigenvalue weighted by molar-refractivity contribution is 0.0519. The number of nitrogens with zero attached hydrogens (tertiary/aromatic N) is 1. The number of hydrogen-bond donors (Lipinski definition) is 1. The molecule has 0 radical (unpaired) electrons. The molecule has 20 heavy (non-hydrogen) atoms. The summed E-state index contributed by atoms with van der Waals surface area (Å²) in [5, 5.41) is 10.2. The van der Waals surface area contributed by atoms with Crippen molar-refractivity contribution in [2.75, 3.05) is 26.7 Å². The van der Waals surface area contributed by atoms with Crippen molar-refractivity contribution in [2.24, 2.45) is 0 Å². The zero-order valence-electron chi connectivity index (χ0n) is 13.5. The third-order valence-corrected chi connectivity index (χ3v) is 3.40. The van der Waals surface area contributed by atoms with Gasteiger partial charge in [0, 0.05) is 13.1 Å². The van der Waals surface area contributed by atoms with Gasteiger partial charge in [-0.05, 0) is 37.9 Å². The number of rotatable bonds is 8. The molecule has 0 aliphatic carbocycles. The van der Waals surface area contributed by atoms with Gasteiger partial charge in [0.1, 0.15) is 0 Å². The van der Waals surface area contributed by atoms with Crippen molar-refractivity contribution in [1.29, 1.82) is 0 Å². The zero-order valence-corrected chi connectivity index (χ0v) is 13.5. The Morgan fingerprint density at radius 1 is 1.05 bits per heavy atom. The number of benzene rings is 1. The first-order chi connectivity index (χ1) is 9.40. The standard InChI is InChI=1S/C17H29NO2/c1-13(2)15-6-8-16(9-7-15)17(19)12-18(5)10-11-20-14(3)4/h6-9,13-14,17,19H,10-12H2,1-5H3. The minimum Gasteiger partial charge on any atom is -0.387 e. The second kappa shape index (κ2) is 8.40. The van der Waals surface area contributed by atoms with Gasteiger partial charge < -0.3 is 14.7 Å². The van der Waals surface area contributed by atoms with Crippen LogP contribution in [0.4, 0.5) is 0 Å². The summed E-state index contributed by atoms with van der Waals surface area (Å²) < 4.78 is 5.52. The highest BCUT2D eigenvalue weighted by molar-refractivity contribution is 5.26. The summed E-state index contributed by atoms with van der Waals surface area (Å²) in [6, 6.07) is 8.26. The average Bonchev–Trinajstić information content (AvgIpc) is 2.38. The van der Waals surface area contributed by atoms with Crippen molar-refractivity contribution in [1.82, 2.24) is 4.90 Å². The van der Waals surface area contributed by atoms with Crippen molar-refractivity contribution in [3.8, 4) is 0 Å². The predicted octanol–water partition coefficient (Wildman–Crippen LogP) is 3.20. The summed E-state index contributed by atoms with van der Waals surface area (Å²) in [4.78, 5) is 2.10. The first-order valence-electron chi connectivity index (χ1n) is 7.48. The Hall–Kier alpha value is -0.900. The van der Waals surface area contributed by atoms with Crippen LogP contribution < -0.4 is 0 Å². The molecule has 1 aromatic carbocycles. The number of hydrogen-bond acceptors (Lipinski definition) is 3. The lowest BCUT2D eigenvalue weighted by Gasteiger charge is -2.21. The van der Waals surface area contributed by atoms with E-state index in [1.165, 1.54) is 5.56 Å². The molecular formula is C17H29NO2. The quantitative estimate of drug-likeness (QED) is 0.793. The van der Waals surface area contributed by atoms with E-state index >= 15 is 0 Å². The van der Waals surface area contributed by atoms with E-state index < -0.39 is 6.10 Å². The minimum atomic E-state index is -0.444. The highest BCUT2D eigenvalue weighted by Gasteiger charge is 2.11. The molecule has 0 bridgehead atoms. The first-order valence-corrected chi connectivity index (χ1v) is 7.48. The van der Waals surface area contributed by atoms with Crippen molar-refractivity contribution >= 4 is 0 Å². The van der Waals surface area contributed by atoms with Crippen LogP contribution in [0, 0.1) is 0 Å². The number of aliphatic hydroxyl groups is 1. The van der Waals surface area contributed by atoms with E-state index in [2.05, 4.69) is 30.9 Å². The maximum Gasteiger partial charge on any atom is 0.0916 e. The van der Waals surface area contributed by atoms with E-state index in [0.717, 1.165) is 12.1 Å². The molecule has 0 amide bonds. The van der Waals surface area contributed by atoms with Crippen LogP contribution in [0.2, 0.25) is 0 Å². The van der Waals surface area contributed by atoms with Crippen molar-refractivity contribution in [3.05, 3.63) is 35.4 Å². The van der Waals surface area contributed by atoms with Crippen LogP contribution in [0.25, 0.3) is 0 Å². The molecular weight excluding hydrogens is 250 g/mol. The van der Waals surface area contributed by atoms with Gasteiger partial charge in [-0.15, -0.1) is 0 Å². The van der Waals surface area contributed by atoms with Gasteiger partial charge in [-0.2, -0.15) is 0 Å². The molecule has 3 nitrogen and oxygen atoms in total. The van der Waals surface area contributed by atoms with Crippen LogP contribution in [-0.2, 0) is 4.74 Å². The molecule has 1 atom stereocenters. The maximum absolute atomic E-state index is 10.2. The molecule has 1 N–H and O–H groups in total. The average molecular weight is 279 g/mol. The van der Waals surface area contributed by atoms with Crippen molar-refractivity contribution in [2.45, 2.75) is 45.8 Å². The lowest BCUT2D eigenvalue weighted by atomic mass is 10.00. The molecule has 114 valence electrons. The molecule has 0 saturated heterocycles. The van der Waals surface area contributed by atoms with E-state index in [0.29, 0.717) is 19.1 Å². The molecule has 0 fully saturated rings. The smallest absolute Gasteiger partial charge is 0.0916 e. The first kappa shape index (κ1) is 17.2. The van der Waals surface area contributed by atoms with Gasteiger partial charge in [0.25, 0.3) is 0 Å². The van der Waals surface area contributed by atoms with Crippen molar-refractivity contribution < 1.29 is 9.84 Å². The Kier molecular flexibility index (Phi) is 7.20. The molecule has 0 aliphatic rings. The van der Waals surface area contributed by atoms with Gasteiger partial charge in [0.05, 0.1) is 18.8 Å². The van der Waals surface area contributed by atoms with Gasteiger partial charge in [0.15, 0.2) is 0 Å². The lowest BCUT2D eigenvalue weighted by Crippen LogP contribution is -2.28. The molecule has 0 saturated carbocycles. The van der Waals surface area contributed by atoms with Gasteiger partial charge in [0.2, 0.25) is 0 Å². The second-order valence-corrected chi connectivity index (χ2v) is 6.02. The Morgan fingerprint density at radius 2 is 1.60 bits per heavy atom. The summed E-state index contributed by atoms with van der Waals surface area (Å²) in [5.74, 6) is 0.525. The fourth-order valence-corrected chi connectivity index (χ4v) is 2.04. The summed E-state index contributed by atoms with van der Waals surface area (Å²) in [6.45, 7) is 10.6. The molecule has 0 spiro atoms. The van der Waals surface area contributed by atoms with Gasteiger partial charge in [-0.25, -0.2) is 0 Å². The van der Waals surface area contributed by atoms with Gasteiger partial charge >= 0.3 is 0 Å². The van der Waals surface area contributed by atoms with E-state index in [-0.39, 0.29) is 6.10 Å². The molecule has 3 heteroatoms. The largest absolute Gasteiger partial charge is 0.387 e. The Balaban J connectivity index is 2.43. The summed E-state index contributed by atoms with van der Waals surface area (Å²) in [5.41, 5.74) is 2.28. The van der Waals surface area contributed by atoms with Crippen molar-refractivity contribution in [3.63, 3.8) is 0 Å². The third kappa shape index (κ3) is 6.04. The van der Waals surface area contributed by atoms with Crippen LogP contribution >= 0.6 is 0 Å². The monoisotopic (exact) mass is 279 g/mol. The van der Waals surface area contributed by atoms with Crippen LogP contribution in [0.15, 0.2) is 24.3 Å². The van der Waals surface area contributed by atoms with E-state index in [9.17, 15) is 5.11 Å². The topological polar surface area (TPSA) is 32.7 Å². The number of aliphatic hydroxyl groups excluding tert-OH is 1. The van der Waals surface area contributed by atoms with Crippen LogP contribution in [-0.4, -0.2) is 42.9 Å². The summed E-state index contributed by atoms with van der Waals surface area (Å²) >= 11 is 0. The second-order valence-electron chi connectivity index (χ2n) is 6.02. The molecule has 0 aliphatic heterocycles. The Morgan fingerprint density at radius 3 is 2.10 bits per heavy atom. The molecule has 1 aromatic rings. The molecule has 0 heterocycles. The van der Waals surface area contributed by atoms with Gasteiger partial charge in [-0.3, -0.25) is 0 Å². The molecule has 1 unspecified atom stereocenters. The van der Waals surface area contributed by atoms with E-state index in [1.807, 2.05) is 33.0 Å². The van der Waals surface area contributed by atoms with E-state index in [1.54, 1.807) is 0 Å². The highest BCUT2D eigenvalue weighted by atomic mass is 16.5. The Labute approximate surface area is 123 Å². The molecule has 0 aromatic heterocycles. The van der Waals surface area contributed by atoms with Crippen LogP contribution in [0.1, 0.15) is 50.8 Å². The fraction of sp³-hybridized carbons (Fsp3) is 0.647. The summed E-state index contributed by atoms with van der Waals surface area (Å²) in [7, 11) is 2.01. The van der Waals surface area contributed by atoms with Crippen LogP contribution in [0.5, 0.6) is 0 Å². The normalized spacial score (nSPS) is 13.4.